The monoisotopic (exact) mass is 419 g/mol. The van der Waals surface area contributed by atoms with Crippen LogP contribution in [0.5, 0.6) is 5.75 Å². The molecule has 29 heavy (non-hydrogen) atoms. The molecule has 2 aromatic rings. The molecule has 1 aliphatic heterocycles. The van der Waals surface area contributed by atoms with Crippen molar-refractivity contribution in [2.75, 3.05) is 25.5 Å². The SMILES string of the molecule is COc1ccc(C)cc1NC(=O)c1cc(S(=O)(=O)N2CCC(C)CC2)c(C)n1C. The first-order valence-electron chi connectivity index (χ1n) is 9.77. The van der Waals surface area contributed by atoms with E-state index < -0.39 is 10.0 Å². The molecule has 1 aromatic heterocycles. The summed E-state index contributed by atoms with van der Waals surface area (Å²) < 4.78 is 34.8. The van der Waals surface area contributed by atoms with E-state index in [1.165, 1.54) is 17.5 Å². The Bertz CT molecular complexity index is 1020. The second kappa shape index (κ2) is 8.20. The van der Waals surface area contributed by atoms with Gasteiger partial charge in [0.25, 0.3) is 5.91 Å². The summed E-state index contributed by atoms with van der Waals surface area (Å²) in [5.41, 5.74) is 2.36. The minimum Gasteiger partial charge on any atom is -0.495 e. The second-order valence-electron chi connectivity index (χ2n) is 7.78. The number of piperidine rings is 1. The number of nitrogens with one attached hydrogen (secondary N) is 1. The number of methoxy groups -OCH3 is 1. The van der Waals surface area contributed by atoms with Gasteiger partial charge in [-0.3, -0.25) is 4.79 Å². The topological polar surface area (TPSA) is 80.6 Å². The molecular weight excluding hydrogens is 390 g/mol. The van der Waals surface area contributed by atoms with E-state index >= 15 is 0 Å². The van der Waals surface area contributed by atoms with Gasteiger partial charge in [0.2, 0.25) is 10.0 Å². The van der Waals surface area contributed by atoms with Crippen LogP contribution >= 0.6 is 0 Å². The van der Waals surface area contributed by atoms with E-state index in [4.69, 9.17) is 4.74 Å². The fourth-order valence-electron chi connectivity index (χ4n) is 3.62. The van der Waals surface area contributed by atoms with Crippen LogP contribution in [-0.4, -0.2) is 43.4 Å². The Kier molecular flexibility index (Phi) is 6.05. The maximum Gasteiger partial charge on any atom is 0.272 e. The molecule has 8 heteroatoms. The molecule has 3 rings (SSSR count). The molecule has 1 aliphatic rings. The molecule has 1 N–H and O–H groups in total. The quantitative estimate of drug-likeness (QED) is 0.806. The summed E-state index contributed by atoms with van der Waals surface area (Å²) in [5.74, 6) is 0.697. The van der Waals surface area contributed by atoms with Gasteiger partial charge < -0.3 is 14.6 Å². The van der Waals surface area contributed by atoms with Crippen molar-refractivity contribution in [3.05, 3.63) is 41.2 Å². The highest BCUT2D eigenvalue weighted by atomic mass is 32.2. The number of benzene rings is 1. The standard InChI is InChI=1S/C21H29N3O4S/c1-14-8-10-24(11-9-14)29(26,27)20-13-18(23(4)16(20)3)21(25)22-17-12-15(2)6-7-19(17)28-5/h6-7,12-14H,8-11H2,1-5H3,(H,22,25). The molecule has 158 valence electrons. The van der Waals surface area contributed by atoms with Crippen LogP contribution in [0.1, 0.15) is 41.5 Å². The van der Waals surface area contributed by atoms with Crippen LogP contribution in [0.4, 0.5) is 5.69 Å². The lowest BCUT2D eigenvalue weighted by atomic mass is 10.0. The summed E-state index contributed by atoms with van der Waals surface area (Å²) in [6.07, 6.45) is 1.71. The molecule has 0 aliphatic carbocycles. The molecule has 1 amide bonds. The zero-order chi connectivity index (χ0) is 21.3. The third kappa shape index (κ3) is 4.18. The van der Waals surface area contributed by atoms with Gasteiger partial charge in [-0.15, -0.1) is 0 Å². The van der Waals surface area contributed by atoms with Gasteiger partial charge in [0.15, 0.2) is 0 Å². The average molecular weight is 420 g/mol. The lowest BCUT2D eigenvalue weighted by Crippen LogP contribution is -2.38. The van der Waals surface area contributed by atoms with Crippen LogP contribution in [0.3, 0.4) is 0 Å². The van der Waals surface area contributed by atoms with E-state index in [0.29, 0.717) is 36.1 Å². The van der Waals surface area contributed by atoms with Crippen molar-refractivity contribution in [2.24, 2.45) is 13.0 Å². The molecule has 1 fully saturated rings. The van der Waals surface area contributed by atoms with Crippen molar-refractivity contribution >= 4 is 21.6 Å². The van der Waals surface area contributed by atoms with Gasteiger partial charge in [0.05, 0.1) is 12.8 Å². The van der Waals surface area contributed by atoms with Crippen LogP contribution < -0.4 is 10.1 Å². The normalized spacial score (nSPS) is 16.0. The van der Waals surface area contributed by atoms with Crippen LogP contribution in [0.2, 0.25) is 0 Å². The van der Waals surface area contributed by atoms with Crippen LogP contribution in [0.25, 0.3) is 0 Å². The van der Waals surface area contributed by atoms with Crippen LogP contribution in [0, 0.1) is 19.8 Å². The Morgan fingerprint density at radius 2 is 1.83 bits per heavy atom. The highest BCUT2D eigenvalue weighted by molar-refractivity contribution is 7.89. The van der Waals surface area contributed by atoms with Crippen molar-refractivity contribution < 1.29 is 17.9 Å². The fourth-order valence-corrected chi connectivity index (χ4v) is 5.36. The number of hydrogen-bond acceptors (Lipinski definition) is 4. The average Bonchev–Trinajstić information content (AvgIpc) is 2.98. The summed E-state index contributed by atoms with van der Waals surface area (Å²) in [4.78, 5) is 13.1. The maximum atomic E-state index is 13.2. The van der Waals surface area contributed by atoms with Crippen LogP contribution in [-0.2, 0) is 17.1 Å². The fraction of sp³-hybridized carbons (Fsp3) is 0.476. The molecular formula is C21H29N3O4S. The first kappa shape index (κ1) is 21.4. The molecule has 1 aromatic carbocycles. The van der Waals surface area contributed by atoms with Gasteiger partial charge in [-0.05, 0) is 56.4 Å². The summed E-state index contributed by atoms with van der Waals surface area (Å²) in [5, 5.41) is 2.84. The minimum absolute atomic E-state index is 0.191. The Morgan fingerprint density at radius 1 is 1.17 bits per heavy atom. The predicted octanol–water partition coefficient (Wildman–Crippen LogP) is 3.32. The molecule has 0 bridgehead atoms. The Labute approximate surface area is 172 Å². The summed E-state index contributed by atoms with van der Waals surface area (Å²) in [6.45, 7) is 6.81. The highest BCUT2D eigenvalue weighted by Gasteiger charge is 2.32. The molecule has 1 saturated heterocycles. The predicted molar refractivity (Wildman–Crippen MR) is 113 cm³/mol. The van der Waals surface area contributed by atoms with Gasteiger partial charge in [0.1, 0.15) is 16.3 Å². The third-order valence-corrected chi connectivity index (χ3v) is 7.70. The number of ether oxygens (including phenoxy) is 1. The number of hydrogen-bond donors (Lipinski definition) is 1. The zero-order valence-electron chi connectivity index (χ0n) is 17.7. The first-order chi connectivity index (χ1) is 13.6. The number of aryl methyl sites for hydroxylation is 1. The van der Waals surface area contributed by atoms with Crippen molar-refractivity contribution in [1.82, 2.24) is 8.87 Å². The molecule has 0 unspecified atom stereocenters. The van der Waals surface area contributed by atoms with Gasteiger partial charge in [-0.1, -0.05) is 13.0 Å². The zero-order valence-corrected chi connectivity index (χ0v) is 18.5. The number of aromatic nitrogens is 1. The lowest BCUT2D eigenvalue weighted by molar-refractivity contribution is 0.101. The smallest absolute Gasteiger partial charge is 0.272 e. The van der Waals surface area contributed by atoms with E-state index in [1.54, 1.807) is 24.6 Å². The van der Waals surface area contributed by atoms with Crippen LogP contribution in [0.15, 0.2) is 29.2 Å². The molecule has 0 atom stereocenters. The van der Waals surface area contributed by atoms with E-state index in [1.807, 2.05) is 19.1 Å². The van der Waals surface area contributed by atoms with Gasteiger partial charge in [-0.25, -0.2) is 8.42 Å². The Morgan fingerprint density at radius 3 is 2.45 bits per heavy atom. The molecule has 0 saturated carbocycles. The minimum atomic E-state index is -3.64. The molecule has 0 spiro atoms. The molecule has 2 heterocycles. The van der Waals surface area contributed by atoms with Gasteiger partial charge in [-0.2, -0.15) is 4.31 Å². The number of carbonyl (C=O) groups excluding carboxylic acids is 1. The van der Waals surface area contributed by atoms with E-state index in [0.717, 1.165) is 18.4 Å². The number of rotatable bonds is 5. The molecule has 0 radical (unpaired) electrons. The van der Waals surface area contributed by atoms with Crippen molar-refractivity contribution in [3.8, 4) is 5.75 Å². The van der Waals surface area contributed by atoms with E-state index in [9.17, 15) is 13.2 Å². The Hall–Kier alpha value is -2.32. The van der Waals surface area contributed by atoms with Crippen molar-refractivity contribution in [2.45, 2.75) is 38.5 Å². The lowest BCUT2D eigenvalue weighted by Gasteiger charge is -2.29. The van der Waals surface area contributed by atoms with E-state index in [2.05, 4.69) is 12.2 Å². The maximum absolute atomic E-state index is 13.2. The number of anilines is 1. The number of nitrogens with zero attached hydrogens (tertiary/aromatic N) is 2. The summed E-state index contributed by atoms with van der Waals surface area (Å²) >= 11 is 0. The van der Waals surface area contributed by atoms with Gasteiger partial charge in [0, 0.05) is 25.8 Å². The number of carbonyl (C=O) groups is 1. The first-order valence-corrected chi connectivity index (χ1v) is 11.2. The third-order valence-electron chi connectivity index (χ3n) is 5.69. The number of amides is 1. The highest BCUT2D eigenvalue weighted by Crippen LogP contribution is 2.29. The van der Waals surface area contributed by atoms with Gasteiger partial charge >= 0.3 is 0 Å². The van der Waals surface area contributed by atoms with E-state index in [-0.39, 0.29) is 16.5 Å². The molecule has 7 nitrogen and oxygen atoms in total. The Balaban J connectivity index is 1.91. The summed E-state index contributed by atoms with van der Waals surface area (Å²) in [7, 11) is -0.394. The van der Waals surface area contributed by atoms with Crippen molar-refractivity contribution in [1.29, 1.82) is 0 Å². The number of sulfonamides is 1. The summed E-state index contributed by atoms with van der Waals surface area (Å²) in [6, 6.07) is 6.97. The largest absolute Gasteiger partial charge is 0.495 e. The second-order valence-corrected chi connectivity index (χ2v) is 9.69. The van der Waals surface area contributed by atoms with Crippen molar-refractivity contribution in [3.63, 3.8) is 0 Å².